The van der Waals surface area contributed by atoms with E-state index in [4.69, 9.17) is 9.47 Å². The van der Waals surface area contributed by atoms with E-state index in [1.807, 2.05) is 91.2 Å². The van der Waals surface area contributed by atoms with Crippen LogP contribution in [-0.4, -0.2) is 27.3 Å². The lowest BCUT2D eigenvalue weighted by molar-refractivity contribution is 0.290. The van der Waals surface area contributed by atoms with E-state index in [2.05, 4.69) is 15.3 Å². The molecule has 0 fully saturated rings. The Balaban J connectivity index is 1.51. The Hall–Kier alpha value is -3.58. The van der Waals surface area contributed by atoms with Crippen molar-refractivity contribution < 1.29 is 9.47 Å². The van der Waals surface area contributed by atoms with Gasteiger partial charge in [0.15, 0.2) is 5.82 Å². The van der Waals surface area contributed by atoms with E-state index < -0.39 is 0 Å². The summed E-state index contributed by atoms with van der Waals surface area (Å²) in [5.74, 6) is 2.23. The molecule has 7 heteroatoms. The molecule has 0 atom stereocenters. The molecule has 0 aliphatic heterocycles. The van der Waals surface area contributed by atoms with Gasteiger partial charge in [-0.05, 0) is 36.1 Å². The molecule has 0 unspecified atom stereocenters. The Kier molecular flexibility index (Phi) is 6.97. The number of rotatable bonds is 9. The number of benzene rings is 3. The number of ether oxygens (including phenoxy) is 2. The molecule has 1 aromatic heterocycles. The number of hydrogen-bond acceptors (Lipinski definition) is 6. The van der Waals surface area contributed by atoms with Crippen LogP contribution in [-0.2, 0) is 13.2 Å². The lowest BCUT2D eigenvalue weighted by Crippen LogP contribution is -2.05. The average molecular weight is 431 g/mol. The molecule has 1 heterocycles. The largest absolute Gasteiger partial charge is 0.489 e. The normalized spacial score (nSPS) is 11.0. The smallest absolute Gasteiger partial charge is 0.211 e. The van der Waals surface area contributed by atoms with Crippen LogP contribution in [0.15, 0.2) is 95.2 Å². The van der Waals surface area contributed by atoms with Gasteiger partial charge in [-0.25, -0.2) is 0 Å². The number of thioether (sulfide) groups is 1. The third-order valence-electron chi connectivity index (χ3n) is 4.48. The van der Waals surface area contributed by atoms with E-state index in [1.165, 1.54) is 11.8 Å². The summed E-state index contributed by atoms with van der Waals surface area (Å²) in [6.45, 7) is 0.724. The summed E-state index contributed by atoms with van der Waals surface area (Å²) in [6.07, 6.45) is 3.75. The molecular formula is C24H22N4O2S. The first-order chi connectivity index (χ1) is 15.3. The summed E-state index contributed by atoms with van der Waals surface area (Å²) in [4.78, 5) is 0. The predicted molar refractivity (Wildman–Crippen MR) is 123 cm³/mol. The minimum atomic E-state index is 0.272. The summed E-state index contributed by atoms with van der Waals surface area (Å²) in [5, 5.41) is 13.8. The molecule has 31 heavy (non-hydrogen) atoms. The molecule has 0 amide bonds. The standard InChI is InChI=1S/C24H22N4O2S/c1-31-24-27-26-23(18-30-22-14-6-3-7-15-22)28(24)25-16-19-10-8-9-11-20(19)17-29-21-12-4-2-5-13-21/h2-16H,17-18H2,1H3/b25-16-. The Morgan fingerprint density at radius 3 is 2.10 bits per heavy atom. The van der Waals surface area contributed by atoms with Crippen LogP contribution in [0.3, 0.4) is 0 Å². The van der Waals surface area contributed by atoms with Crippen LogP contribution in [0.2, 0.25) is 0 Å². The van der Waals surface area contributed by atoms with Crippen molar-refractivity contribution in [2.24, 2.45) is 5.10 Å². The van der Waals surface area contributed by atoms with Gasteiger partial charge in [0.25, 0.3) is 0 Å². The van der Waals surface area contributed by atoms with Gasteiger partial charge in [0.2, 0.25) is 5.16 Å². The van der Waals surface area contributed by atoms with E-state index in [0.29, 0.717) is 17.6 Å². The van der Waals surface area contributed by atoms with Crippen LogP contribution in [0, 0.1) is 0 Å². The second-order valence-corrected chi connectivity index (χ2v) is 7.33. The van der Waals surface area contributed by atoms with Crippen molar-refractivity contribution in [2.45, 2.75) is 18.4 Å². The van der Waals surface area contributed by atoms with Crippen molar-refractivity contribution in [2.75, 3.05) is 6.26 Å². The van der Waals surface area contributed by atoms with Gasteiger partial charge in [-0.2, -0.15) is 9.78 Å². The Morgan fingerprint density at radius 2 is 1.42 bits per heavy atom. The van der Waals surface area contributed by atoms with Crippen LogP contribution < -0.4 is 9.47 Å². The van der Waals surface area contributed by atoms with Crippen molar-refractivity contribution in [3.05, 3.63) is 102 Å². The first-order valence-electron chi connectivity index (χ1n) is 9.80. The maximum Gasteiger partial charge on any atom is 0.211 e. The molecule has 0 saturated carbocycles. The lowest BCUT2D eigenvalue weighted by atomic mass is 10.1. The van der Waals surface area contributed by atoms with Crippen molar-refractivity contribution >= 4 is 18.0 Å². The van der Waals surface area contributed by atoms with E-state index in [0.717, 1.165) is 22.6 Å². The van der Waals surface area contributed by atoms with Crippen LogP contribution in [0.5, 0.6) is 11.5 Å². The quantitative estimate of drug-likeness (QED) is 0.275. The maximum atomic E-state index is 5.91. The highest BCUT2D eigenvalue weighted by Gasteiger charge is 2.11. The van der Waals surface area contributed by atoms with Crippen LogP contribution in [0.4, 0.5) is 0 Å². The van der Waals surface area contributed by atoms with Crippen LogP contribution in [0.25, 0.3) is 0 Å². The summed E-state index contributed by atoms with van der Waals surface area (Å²) in [6, 6.07) is 27.4. The maximum absolute atomic E-state index is 5.91. The Bertz CT molecular complexity index is 1130. The number of nitrogens with zero attached hydrogens (tertiary/aromatic N) is 4. The predicted octanol–water partition coefficient (Wildman–Crippen LogP) is 5.04. The molecule has 3 aromatic carbocycles. The second kappa shape index (κ2) is 10.4. The minimum absolute atomic E-state index is 0.272. The molecule has 0 bridgehead atoms. The number of hydrogen-bond donors (Lipinski definition) is 0. The van der Waals surface area contributed by atoms with Crippen molar-refractivity contribution in [1.29, 1.82) is 0 Å². The Morgan fingerprint density at radius 1 is 0.806 bits per heavy atom. The van der Waals surface area contributed by atoms with Crippen molar-refractivity contribution in [3.8, 4) is 11.5 Å². The highest BCUT2D eigenvalue weighted by Crippen LogP contribution is 2.17. The van der Waals surface area contributed by atoms with Gasteiger partial charge < -0.3 is 9.47 Å². The average Bonchev–Trinajstić information content (AvgIpc) is 3.23. The molecule has 0 aliphatic rings. The van der Waals surface area contributed by atoms with Crippen molar-refractivity contribution in [1.82, 2.24) is 14.9 Å². The Labute approximate surface area is 185 Å². The summed E-state index contributed by atoms with van der Waals surface area (Å²) in [5.41, 5.74) is 2.00. The monoisotopic (exact) mass is 430 g/mol. The summed E-state index contributed by atoms with van der Waals surface area (Å²) in [7, 11) is 0. The van der Waals surface area contributed by atoms with E-state index >= 15 is 0 Å². The molecule has 0 N–H and O–H groups in total. The second-order valence-electron chi connectivity index (χ2n) is 6.56. The molecule has 0 spiro atoms. The molecule has 0 aliphatic carbocycles. The highest BCUT2D eigenvalue weighted by molar-refractivity contribution is 7.98. The fraction of sp³-hybridized carbons (Fsp3) is 0.125. The zero-order chi connectivity index (χ0) is 21.3. The number of aromatic nitrogens is 3. The highest BCUT2D eigenvalue weighted by atomic mass is 32.2. The molecule has 0 radical (unpaired) electrons. The van der Waals surface area contributed by atoms with Gasteiger partial charge in [0.05, 0.1) is 6.21 Å². The first-order valence-corrected chi connectivity index (χ1v) is 11.0. The molecule has 4 aromatic rings. The topological polar surface area (TPSA) is 61.5 Å². The summed E-state index contributed by atoms with van der Waals surface area (Å²) < 4.78 is 13.4. The van der Waals surface area contributed by atoms with E-state index in [-0.39, 0.29) is 6.61 Å². The molecule has 6 nitrogen and oxygen atoms in total. The van der Waals surface area contributed by atoms with Gasteiger partial charge in [0, 0.05) is 5.56 Å². The molecule has 0 saturated heterocycles. The minimum Gasteiger partial charge on any atom is -0.489 e. The zero-order valence-corrected chi connectivity index (χ0v) is 17.9. The zero-order valence-electron chi connectivity index (χ0n) is 17.1. The van der Waals surface area contributed by atoms with Gasteiger partial charge in [-0.1, -0.05) is 72.4 Å². The van der Waals surface area contributed by atoms with E-state index in [1.54, 1.807) is 10.9 Å². The molecular weight excluding hydrogens is 408 g/mol. The SMILES string of the molecule is CSc1nnc(COc2ccccc2)n1/N=C\c1ccccc1COc1ccccc1. The third kappa shape index (κ3) is 5.52. The van der Waals surface area contributed by atoms with Crippen LogP contribution >= 0.6 is 11.8 Å². The third-order valence-corrected chi connectivity index (χ3v) is 5.10. The molecule has 156 valence electrons. The van der Waals surface area contributed by atoms with Gasteiger partial charge >= 0.3 is 0 Å². The summed E-state index contributed by atoms with van der Waals surface area (Å²) >= 11 is 1.48. The van der Waals surface area contributed by atoms with Gasteiger partial charge in [-0.3, -0.25) is 0 Å². The van der Waals surface area contributed by atoms with Gasteiger partial charge in [-0.15, -0.1) is 10.2 Å². The lowest BCUT2D eigenvalue weighted by Gasteiger charge is -2.09. The fourth-order valence-electron chi connectivity index (χ4n) is 2.88. The van der Waals surface area contributed by atoms with Crippen molar-refractivity contribution in [3.63, 3.8) is 0 Å². The van der Waals surface area contributed by atoms with Crippen LogP contribution in [0.1, 0.15) is 17.0 Å². The van der Waals surface area contributed by atoms with Gasteiger partial charge in [0.1, 0.15) is 24.7 Å². The van der Waals surface area contributed by atoms with E-state index in [9.17, 15) is 0 Å². The fourth-order valence-corrected chi connectivity index (χ4v) is 3.33. The molecule has 4 rings (SSSR count). The first kappa shape index (κ1) is 20.7. The number of para-hydroxylation sites is 2.